The molecule has 3 N–H and O–H groups in total. The maximum atomic E-state index is 11.8. The van der Waals surface area contributed by atoms with Crippen molar-refractivity contribution in [3.05, 3.63) is 29.8 Å². The first-order valence-corrected chi connectivity index (χ1v) is 6.35. The number of rotatable bonds is 6. The normalized spacial score (nSPS) is 13.9. The van der Waals surface area contributed by atoms with Crippen LogP contribution in [0.15, 0.2) is 24.3 Å². The third-order valence-corrected chi connectivity index (χ3v) is 2.98. The number of aromatic hydroxyl groups is 1. The summed E-state index contributed by atoms with van der Waals surface area (Å²) >= 11 is 0. The Labute approximate surface area is 108 Å². The molecule has 0 saturated carbocycles. The van der Waals surface area contributed by atoms with Crippen LogP contribution in [0.5, 0.6) is 5.75 Å². The van der Waals surface area contributed by atoms with Crippen LogP contribution < -0.4 is 10.6 Å². The molecule has 0 bridgehead atoms. The van der Waals surface area contributed by atoms with Crippen molar-refractivity contribution in [3.63, 3.8) is 0 Å². The Balaban J connectivity index is 2.44. The molecule has 0 heterocycles. The lowest BCUT2D eigenvalue weighted by atomic mass is 10.2. The Bertz CT molecular complexity index is 393. The molecule has 0 fully saturated rings. The highest BCUT2D eigenvalue weighted by atomic mass is 16.3. The molecule has 0 aliphatic heterocycles. The van der Waals surface area contributed by atoms with Gasteiger partial charge in [-0.3, -0.25) is 4.79 Å². The summed E-state index contributed by atoms with van der Waals surface area (Å²) in [6, 6.07) is 7.02. The molecule has 1 aromatic carbocycles. The molecule has 0 aliphatic rings. The van der Waals surface area contributed by atoms with Crippen LogP contribution in [-0.4, -0.2) is 23.1 Å². The van der Waals surface area contributed by atoms with Crippen LogP contribution in [0.1, 0.15) is 32.8 Å². The van der Waals surface area contributed by atoms with Gasteiger partial charge in [0.25, 0.3) is 0 Å². The molecule has 0 spiro atoms. The van der Waals surface area contributed by atoms with Gasteiger partial charge in [-0.15, -0.1) is 0 Å². The monoisotopic (exact) mass is 250 g/mol. The van der Waals surface area contributed by atoms with Crippen molar-refractivity contribution in [1.82, 2.24) is 10.6 Å². The highest BCUT2D eigenvalue weighted by Gasteiger charge is 2.14. The van der Waals surface area contributed by atoms with Crippen molar-refractivity contribution in [2.45, 2.75) is 45.8 Å². The van der Waals surface area contributed by atoms with Crippen molar-refractivity contribution in [1.29, 1.82) is 0 Å². The summed E-state index contributed by atoms with van der Waals surface area (Å²) in [5.41, 5.74) is 0.792. The molecule has 2 atom stereocenters. The van der Waals surface area contributed by atoms with Gasteiger partial charge in [0.1, 0.15) is 5.75 Å². The molecular weight excluding hydrogens is 228 g/mol. The number of carbonyl (C=O) groups is 1. The largest absolute Gasteiger partial charge is 0.508 e. The average Bonchev–Trinajstić information content (AvgIpc) is 2.37. The van der Waals surface area contributed by atoms with E-state index in [-0.39, 0.29) is 23.7 Å². The Morgan fingerprint density at radius 1 is 1.33 bits per heavy atom. The first-order chi connectivity index (χ1) is 8.54. The first kappa shape index (κ1) is 14.5. The van der Waals surface area contributed by atoms with Crippen molar-refractivity contribution in [2.75, 3.05) is 0 Å². The number of hydrogen-bond donors (Lipinski definition) is 3. The smallest absolute Gasteiger partial charge is 0.237 e. The van der Waals surface area contributed by atoms with Crippen LogP contribution in [0, 0.1) is 0 Å². The van der Waals surface area contributed by atoms with Gasteiger partial charge in [-0.05, 0) is 26.3 Å². The van der Waals surface area contributed by atoms with E-state index in [1.807, 2.05) is 32.9 Å². The highest BCUT2D eigenvalue weighted by Crippen LogP contribution is 2.14. The number of amides is 1. The predicted molar refractivity (Wildman–Crippen MR) is 72.3 cm³/mol. The van der Waals surface area contributed by atoms with Gasteiger partial charge >= 0.3 is 0 Å². The Hall–Kier alpha value is -1.55. The van der Waals surface area contributed by atoms with E-state index >= 15 is 0 Å². The van der Waals surface area contributed by atoms with Crippen LogP contribution in [-0.2, 0) is 11.3 Å². The maximum absolute atomic E-state index is 11.8. The second-order valence-electron chi connectivity index (χ2n) is 4.55. The van der Waals surface area contributed by atoms with Crippen LogP contribution in [0.4, 0.5) is 0 Å². The van der Waals surface area contributed by atoms with Crippen molar-refractivity contribution in [2.24, 2.45) is 0 Å². The van der Waals surface area contributed by atoms with Crippen molar-refractivity contribution < 1.29 is 9.90 Å². The van der Waals surface area contributed by atoms with Crippen molar-refractivity contribution in [3.8, 4) is 5.75 Å². The van der Waals surface area contributed by atoms with Gasteiger partial charge < -0.3 is 15.7 Å². The zero-order valence-electron chi connectivity index (χ0n) is 11.2. The second-order valence-corrected chi connectivity index (χ2v) is 4.55. The Kier molecular flexibility index (Phi) is 5.65. The Morgan fingerprint density at radius 2 is 2.00 bits per heavy atom. The van der Waals surface area contributed by atoms with Crippen LogP contribution in [0.3, 0.4) is 0 Å². The Morgan fingerprint density at radius 3 is 2.61 bits per heavy atom. The van der Waals surface area contributed by atoms with Gasteiger partial charge in [-0.1, -0.05) is 25.1 Å². The molecule has 2 unspecified atom stereocenters. The van der Waals surface area contributed by atoms with E-state index in [0.717, 1.165) is 12.0 Å². The fourth-order valence-electron chi connectivity index (χ4n) is 1.49. The number of phenols is 1. The molecule has 0 saturated heterocycles. The molecule has 18 heavy (non-hydrogen) atoms. The summed E-state index contributed by atoms with van der Waals surface area (Å²) in [6.45, 7) is 6.30. The van der Waals surface area contributed by atoms with Gasteiger partial charge in [0, 0.05) is 18.2 Å². The third-order valence-electron chi connectivity index (χ3n) is 2.98. The predicted octanol–water partition coefficient (Wildman–Crippen LogP) is 1.78. The minimum Gasteiger partial charge on any atom is -0.508 e. The van der Waals surface area contributed by atoms with Crippen molar-refractivity contribution >= 4 is 5.91 Å². The van der Waals surface area contributed by atoms with Gasteiger partial charge in [0.05, 0.1) is 6.04 Å². The van der Waals surface area contributed by atoms with Crippen LogP contribution in [0.25, 0.3) is 0 Å². The number of hydrogen-bond acceptors (Lipinski definition) is 3. The lowest BCUT2D eigenvalue weighted by Gasteiger charge is -2.17. The molecule has 4 heteroatoms. The molecular formula is C14H22N2O2. The SMILES string of the molecule is CCC(C)NC(=O)C(C)NCc1ccccc1O. The minimum atomic E-state index is -0.279. The standard InChI is InChI=1S/C14H22N2O2/c1-4-10(2)16-14(18)11(3)15-9-12-7-5-6-8-13(12)17/h5-8,10-11,15,17H,4,9H2,1-3H3,(H,16,18). The molecule has 0 radical (unpaired) electrons. The summed E-state index contributed by atoms with van der Waals surface area (Å²) in [6.07, 6.45) is 0.915. The number of para-hydroxylation sites is 1. The highest BCUT2D eigenvalue weighted by molar-refractivity contribution is 5.81. The van der Waals surface area contributed by atoms with E-state index in [2.05, 4.69) is 10.6 Å². The van der Waals surface area contributed by atoms with E-state index in [1.165, 1.54) is 0 Å². The van der Waals surface area contributed by atoms with E-state index < -0.39 is 0 Å². The van der Waals surface area contributed by atoms with Gasteiger partial charge in [-0.25, -0.2) is 0 Å². The van der Waals surface area contributed by atoms with Crippen LogP contribution in [0.2, 0.25) is 0 Å². The fraction of sp³-hybridized carbons (Fsp3) is 0.500. The molecule has 1 aromatic rings. The van der Waals surface area contributed by atoms with E-state index in [4.69, 9.17) is 0 Å². The number of benzene rings is 1. The lowest BCUT2D eigenvalue weighted by molar-refractivity contribution is -0.123. The quantitative estimate of drug-likeness (QED) is 0.721. The van der Waals surface area contributed by atoms with E-state index in [9.17, 15) is 9.90 Å². The topological polar surface area (TPSA) is 61.4 Å². The molecule has 0 aromatic heterocycles. The number of nitrogens with one attached hydrogen (secondary N) is 2. The summed E-state index contributed by atoms with van der Waals surface area (Å²) in [5.74, 6) is 0.235. The van der Waals surface area contributed by atoms with Crippen LogP contribution >= 0.6 is 0 Å². The lowest BCUT2D eigenvalue weighted by Crippen LogP contribution is -2.45. The molecule has 0 aliphatic carbocycles. The second kappa shape index (κ2) is 7.01. The molecule has 1 amide bonds. The van der Waals surface area contributed by atoms with Gasteiger partial charge in [-0.2, -0.15) is 0 Å². The zero-order valence-corrected chi connectivity index (χ0v) is 11.2. The zero-order chi connectivity index (χ0) is 13.5. The third kappa shape index (κ3) is 4.37. The maximum Gasteiger partial charge on any atom is 0.237 e. The summed E-state index contributed by atoms with van der Waals surface area (Å²) in [4.78, 5) is 11.8. The summed E-state index contributed by atoms with van der Waals surface area (Å²) < 4.78 is 0. The molecule has 100 valence electrons. The number of carbonyl (C=O) groups excluding carboxylic acids is 1. The van der Waals surface area contributed by atoms with Gasteiger partial charge in [0.2, 0.25) is 5.91 Å². The first-order valence-electron chi connectivity index (χ1n) is 6.35. The summed E-state index contributed by atoms with van der Waals surface area (Å²) in [5, 5.41) is 15.6. The number of phenolic OH excluding ortho intramolecular Hbond substituents is 1. The molecule has 1 rings (SSSR count). The van der Waals surface area contributed by atoms with E-state index in [0.29, 0.717) is 6.54 Å². The molecule has 4 nitrogen and oxygen atoms in total. The summed E-state index contributed by atoms with van der Waals surface area (Å²) in [7, 11) is 0. The van der Waals surface area contributed by atoms with Gasteiger partial charge in [0.15, 0.2) is 0 Å². The average molecular weight is 250 g/mol. The minimum absolute atomic E-state index is 0.0141. The fourth-order valence-corrected chi connectivity index (χ4v) is 1.49. The van der Waals surface area contributed by atoms with E-state index in [1.54, 1.807) is 12.1 Å².